The van der Waals surface area contributed by atoms with E-state index in [4.69, 9.17) is 5.73 Å². The summed E-state index contributed by atoms with van der Waals surface area (Å²) in [6, 6.07) is 5.49. The van der Waals surface area contributed by atoms with E-state index in [9.17, 15) is 5.11 Å². The lowest BCUT2D eigenvalue weighted by atomic mass is 9.88. The Bertz CT molecular complexity index is 261. The number of aromatic nitrogens is 1. The van der Waals surface area contributed by atoms with Crippen LogP contribution in [0.1, 0.15) is 25.6 Å². The van der Waals surface area contributed by atoms with E-state index in [1.54, 1.807) is 6.20 Å². The zero-order valence-corrected chi connectivity index (χ0v) is 8.72. The highest BCUT2D eigenvalue weighted by Crippen LogP contribution is 2.23. The summed E-state index contributed by atoms with van der Waals surface area (Å²) < 4.78 is 0. The molecular formula is C11H18N2O. The molecule has 0 saturated carbocycles. The van der Waals surface area contributed by atoms with E-state index in [1.807, 2.05) is 18.2 Å². The van der Waals surface area contributed by atoms with Crippen molar-refractivity contribution in [2.75, 3.05) is 6.61 Å². The van der Waals surface area contributed by atoms with Crippen molar-refractivity contribution in [2.45, 2.75) is 19.9 Å². The normalized spacial score (nSPS) is 15.5. The molecule has 0 fully saturated rings. The van der Waals surface area contributed by atoms with E-state index in [1.165, 1.54) is 0 Å². The molecule has 3 N–H and O–H groups in total. The van der Waals surface area contributed by atoms with Gasteiger partial charge in [0, 0.05) is 18.7 Å². The van der Waals surface area contributed by atoms with E-state index < -0.39 is 0 Å². The zero-order valence-electron chi connectivity index (χ0n) is 8.72. The second-order valence-electron chi connectivity index (χ2n) is 3.87. The van der Waals surface area contributed by atoms with Gasteiger partial charge >= 0.3 is 0 Å². The molecule has 0 radical (unpaired) electrons. The highest BCUT2D eigenvalue weighted by molar-refractivity contribution is 5.09. The van der Waals surface area contributed by atoms with Crippen molar-refractivity contribution >= 4 is 0 Å². The van der Waals surface area contributed by atoms with Gasteiger partial charge in [0.25, 0.3) is 0 Å². The minimum Gasteiger partial charge on any atom is -0.396 e. The Labute approximate surface area is 85.0 Å². The molecule has 2 unspecified atom stereocenters. The van der Waals surface area contributed by atoms with Crippen molar-refractivity contribution in [1.82, 2.24) is 4.98 Å². The van der Waals surface area contributed by atoms with Crippen LogP contribution < -0.4 is 5.73 Å². The van der Waals surface area contributed by atoms with Gasteiger partial charge in [0.15, 0.2) is 0 Å². The fraction of sp³-hybridized carbons (Fsp3) is 0.545. The molecule has 0 aromatic carbocycles. The number of hydrogen-bond donors (Lipinski definition) is 2. The maximum atomic E-state index is 9.22. The molecule has 2 atom stereocenters. The number of nitrogens with two attached hydrogens (primary N) is 1. The molecule has 0 amide bonds. The Morgan fingerprint density at radius 1 is 1.43 bits per heavy atom. The van der Waals surface area contributed by atoms with Gasteiger partial charge in [0.05, 0.1) is 11.7 Å². The Morgan fingerprint density at radius 2 is 2.14 bits per heavy atom. The molecule has 14 heavy (non-hydrogen) atoms. The molecule has 0 aliphatic rings. The standard InChI is InChI=1S/C11H18N2O/c1-8(2)9(7-14)11(12)10-5-3-4-6-13-10/h3-6,8-9,11,14H,7,12H2,1-2H3. The fourth-order valence-corrected chi connectivity index (χ4v) is 1.53. The Kier molecular flexibility index (Phi) is 4.04. The van der Waals surface area contributed by atoms with Crippen LogP contribution in [-0.4, -0.2) is 16.7 Å². The maximum absolute atomic E-state index is 9.22. The highest BCUT2D eigenvalue weighted by Gasteiger charge is 2.22. The van der Waals surface area contributed by atoms with E-state index in [-0.39, 0.29) is 18.6 Å². The van der Waals surface area contributed by atoms with E-state index in [0.29, 0.717) is 5.92 Å². The molecule has 78 valence electrons. The van der Waals surface area contributed by atoms with E-state index >= 15 is 0 Å². The molecule has 1 heterocycles. The average Bonchev–Trinajstić information content (AvgIpc) is 2.19. The smallest absolute Gasteiger partial charge is 0.0574 e. The Balaban J connectivity index is 2.78. The van der Waals surface area contributed by atoms with Gasteiger partial charge in [-0.2, -0.15) is 0 Å². The number of nitrogens with zero attached hydrogens (tertiary/aromatic N) is 1. The molecule has 1 aromatic rings. The van der Waals surface area contributed by atoms with Gasteiger partial charge < -0.3 is 10.8 Å². The van der Waals surface area contributed by atoms with Gasteiger partial charge in [-0.05, 0) is 18.1 Å². The molecule has 1 rings (SSSR count). The van der Waals surface area contributed by atoms with Crippen molar-refractivity contribution in [3.63, 3.8) is 0 Å². The van der Waals surface area contributed by atoms with Gasteiger partial charge in [-0.15, -0.1) is 0 Å². The molecule has 0 spiro atoms. The van der Waals surface area contributed by atoms with Crippen molar-refractivity contribution in [3.05, 3.63) is 30.1 Å². The first-order valence-electron chi connectivity index (χ1n) is 4.94. The van der Waals surface area contributed by atoms with Gasteiger partial charge in [0.1, 0.15) is 0 Å². The summed E-state index contributed by atoms with van der Waals surface area (Å²) in [5.41, 5.74) is 6.88. The topological polar surface area (TPSA) is 59.1 Å². The second-order valence-corrected chi connectivity index (χ2v) is 3.87. The van der Waals surface area contributed by atoms with Crippen LogP contribution in [0.25, 0.3) is 0 Å². The number of rotatable bonds is 4. The number of pyridine rings is 1. The SMILES string of the molecule is CC(C)C(CO)C(N)c1ccccn1. The number of aliphatic hydroxyl groups is 1. The van der Waals surface area contributed by atoms with Gasteiger partial charge in [0.2, 0.25) is 0 Å². The van der Waals surface area contributed by atoms with E-state index in [0.717, 1.165) is 5.69 Å². The molecule has 1 aromatic heterocycles. The van der Waals surface area contributed by atoms with Crippen LogP contribution in [0, 0.1) is 11.8 Å². The summed E-state index contributed by atoms with van der Waals surface area (Å²) in [6.07, 6.45) is 1.73. The maximum Gasteiger partial charge on any atom is 0.0574 e. The van der Waals surface area contributed by atoms with Crippen molar-refractivity contribution in [1.29, 1.82) is 0 Å². The summed E-state index contributed by atoms with van der Waals surface area (Å²) >= 11 is 0. The number of hydrogen-bond acceptors (Lipinski definition) is 3. The van der Waals surface area contributed by atoms with Gasteiger partial charge in [-0.25, -0.2) is 0 Å². The third kappa shape index (κ3) is 2.53. The summed E-state index contributed by atoms with van der Waals surface area (Å²) in [7, 11) is 0. The average molecular weight is 194 g/mol. The van der Waals surface area contributed by atoms with Crippen LogP contribution in [0.2, 0.25) is 0 Å². The molecule has 0 bridgehead atoms. The minimum atomic E-state index is -0.179. The van der Waals surface area contributed by atoms with Crippen LogP contribution in [0.3, 0.4) is 0 Å². The first-order chi connectivity index (χ1) is 6.66. The van der Waals surface area contributed by atoms with Crippen molar-refractivity contribution in [3.8, 4) is 0 Å². The van der Waals surface area contributed by atoms with Crippen molar-refractivity contribution < 1.29 is 5.11 Å². The lowest BCUT2D eigenvalue weighted by molar-refractivity contribution is 0.164. The third-order valence-electron chi connectivity index (χ3n) is 2.56. The first kappa shape index (κ1) is 11.1. The summed E-state index contributed by atoms with van der Waals surface area (Å²) in [6.45, 7) is 4.22. The third-order valence-corrected chi connectivity index (χ3v) is 2.56. The first-order valence-corrected chi connectivity index (χ1v) is 4.94. The number of aliphatic hydroxyl groups excluding tert-OH is 1. The summed E-state index contributed by atoms with van der Waals surface area (Å²) in [4.78, 5) is 4.19. The predicted molar refractivity (Wildman–Crippen MR) is 56.6 cm³/mol. The lowest BCUT2D eigenvalue weighted by Gasteiger charge is -2.24. The minimum absolute atomic E-state index is 0.0740. The van der Waals surface area contributed by atoms with Gasteiger partial charge in [-0.1, -0.05) is 19.9 Å². The molecule has 3 heteroatoms. The van der Waals surface area contributed by atoms with Crippen LogP contribution >= 0.6 is 0 Å². The Morgan fingerprint density at radius 3 is 2.57 bits per heavy atom. The molecule has 0 aliphatic heterocycles. The zero-order chi connectivity index (χ0) is 10.6. The predicted octanol–water partition coefficient (Wildman–Crippen LogP) is 1.35. The largest absolute Gasteiger partial charge is 0.396 e. The monoisotopic (exact) mass is 194 g/mol. The Hall–Kier alpha value is -0.930. The van der Waals surface area contributed by atoms with E-state index in [2.05, 4.69) is 18.8 Å². The van der Waals surface area contributed by atoms with Crippen LogP contribution in [0.5, 0.6) is 0 Å². The lowest BCUT2D eigenvalue weighted by Crippen LogP contribution is -2.29. The van der Waals surface area contributed by atoms with Crippen molar-refractivity contribution in [2.24, 2.45) is 17.6 Å². The highest BCUT2D eigenvalue weighted by atomic mass is 16.3. The van der Waals surface area contributed by atoms with Crippen LogP contribution in [0.15, 0.2) is 24.4 Å². The molecule has 0 aliphatic carbocycles. The second kappa shape index (κ2) is 5.08. The van der Waals surface area contributed by atoms with Crippen LogP contribution in [0.4, 0.5) is 0 Å². The quantitative estimate of drug-likeness (QED) is 0.760. The molecular weight excluding hydrogens is 176 g/mol. The van der Waals surface area contributed by atoms with Crippen LogP contribution in [-0.2, 0) is 0 Å². The van der Waals surface area contributed by atoms with Gasteiger partial charge in [-0.3, -0.25) is 4.98 Å². The molecule has 3 nitrogen and oxygen atoms in total. The summed E-state index contributed by atoms with van der Waals surface area (Å²) in [5, 5.41) is 9.22. The fourth-order valence-electron chi connectivity index (χ4n) is 1.53. The summed E-state index contributed by atoms with van der Waals surface area (Å²) in [5.74, 6) is 0.432. The molecule has 0 saturated heterocycles.